The standard InChI is InChI=1S/C16H24N4O2S/c1-11-6-7-15(10-17-11)18-12(2)16-13(3)19-20(14(16)4)8-9-23(5,21)22/h6-7,10,12,18H,8-9H2,1-5H3. The predicted molar refractivity (Wildman–Crippen MR) is 92.4 cm³/mol. The highest BCUT2D eigenvalue weighted by Crippen LogP contribution is 2.25. The third-order valence-corrected chi connectivity index (χ3v) is 4.76. The molecule has 0 spiro atoms. The number of anilines is 1. The molecule has 1 N–H and O–H groups in total. The van der Waals surface area contributed by atoms with E-state index >= 15 is 0 Å². The first kappa shape index (κ1) is 17.5. The molecular weight excluding hydrogens is 312 g/mol. The maximum atomic E-state index is 11.3. The zero-order chi connectivity index (χ0) is 17.2. The maximum Gasteiger partial charge on any atom is 0.149 e. The molecule has 23 heavy (non-hydrogen) atoms. The van der Waals surface area contributed by atoms with Gasteiger partial charge in [-0.1, -0.05) is 0 Å². The van der Waals surface area contributed by atoms with Crippen LogP contribution in [0.4, 0.5) is 5.69 Å². The summed E-state index contributed by atoms with van der Waals surface area (Å²) in [5, 5.41) is 7.91. The van der Waals surface area contributed by atoms with E-state index in [4.69, 9.17) is 0 Å². The van der Waals surface area contributed by atoms with E-state index < -0.39 is 9.84 Å². The zero-order valence-electron chi connectivity index (χ0n) is 14.3. The molecule has 7 heteroatoms. The highest BCUT2D eigenvalue weighted by atomic mass is 32.2. The summed E-state index contributed by atoms with van der Waals surface area (Å²) in [6.07, 6.45) is 3.05. The van der Waals surface area contributed by atoms with Crippen LogP contribution in [-0.4, -0.2) is 35.2 Å². The lowest BCUT2D eigenvalue weighted by molar-refractivity contribution is 0.581. The Bertz CT molecular complexity index is 779. The molecule has 0 saturated heterocycles. The maximum absolute atomic E-state index is 11.3. The number of hydrogen-bond donors (Lipinski definition) is 1. The normalized spacial score (nSPS) is 13.1. The van der Waals surface area contributed by atoms with E-state index in [0.29, 0.717) is 6.54 Å². The molecule has 6 nitrogen and oxygen atoms in total. The van der Waals surface area contributed by atoms with Gasteiger partial charge in [-0.25, -0.2) is 8.42 Å². The largest absolute Gasteiger partial charge is 0.377 e. The molecule has 2 aromatic rings. The lowest BCUT2D eigenvalue weighted by Gasteiger charge is -2.16. The molecular formula is C16H24N4O2S. The summed E-state index contributed by atoms with van der Waals surface area (Å²) < 4.78 is 24.5. The molecule has 0 amide bonds. The second kappa shape index (κ2) is 6.70. The Balaban J connectivity index is 2.18. The van der Waals surface area contributed by atoms with Crippen LogP contribution in [0.25, 0.3) is 0 Å². The summed E-state index contributed by atoms with van der Waals surface area (Å²) >= 11 is 0. The molecule has 0 aliphatic carbocycles. The van der Waals surface area contributed by atoms with Crippen LogP contribution in [0, 0.1) is 20.8 Å². The lowest BCUT2D eigenvalue weighted by atomic mass is 10.1. The molecule has 126 valence electrons. The fraction of sp³-hybridized carbons (Fsp3) is 0.500. The Morgan fingerprint density at radius 1 is 1.26 bits per heavy atom. The molecule has 0 aliphatic rings. The Morgan fingerprint density at radius 2 is 1.96 bits per heavy atom. The van der Waals surface area contributed by atoms with Gasteiger partial charge in [-0.05, 0) is 39.8 Å². The van der Waals surface area contributed by atoms with Crippen molar-refractivity contribution in [3.63, 3.8) is 0 Å². The van der Waals surface area contributed by atoms with Gasteiger partial charge in [0.25, 0.3) is 0 Å². The number of hydrogen-bond acceptors (Lipinski definition) is 5. The quantitative estimate of drug-likeness (QED) is 0.876. The van der Waals surface area contributed by atoms with Crippen molar-refractivity contribution in [1.82, 2.24) is 14.8 Å². The second-order valence-corrected chi connectivity index (χ2v) is 8.25. The van der Waals surface area contributed by atoms with Gasteiger partial charge in [-0.2, -0.15) is 5.10 Å². The number of sulfone groups is 1. The summed E-state index contributed by atoms with van der Waals surface area (Å²) in [6, 6.07) is 4.02. The van der Waals surface area contributed by atoms with Crippen molar-refractivity contribution in [2.24, 2.45) is 0 Å². The lowest BCUT2D eigenvalue weighted by Crippen LogP contribution is -2.14. The first-order valence-electron chi connectivity index (χ1n) is 7.58. The molecule has 2 rings (SSSR count). The third kappa shape index (κ3) is 4.54. The van der Waals surface area contributed by atoms with E-state index in [0.717, 1.165) is 28.3 Å². The van der Waals surface area contributed by atoms with Crippen LogP contribution in [-0.2, 0) is 16.4 Å². The predicted octanol–water partition coefficient (Wildman–Crippen LogP) is 2.42. The van der Waals surface area contributed by atoms with Gasteiger partial charge in [0.15, 0.2) is 0 Å². The SMILES string of the molecule is Cc1ccc(NC(C)c2c(C)nn(CCS(C)(=O)=O)c2C)cn1. The van der Waals surface area contributed by atoms with Crippen LogP contribution in [0.1, 0.15) is 35.6 Å². The summed E-state index contributed by atoms with van der Waals surface area (Å²) in [6.45, 7) is 8.32. The first-order valence-corrected chi connectivity index (χ1v) is 9.64. The Labute approximate surface area is 137 Å². The highest BCUT2D eigenvalue weighted by molar-refractivity contribution is 7.90. The monoisotopic (exact) mass is 336 g/mol. The van der Waals surface area contributed by atoms with E-state index in [9.17, 15) is 8.42 Å². The van der Waals surface area contributed by atoms with E-state index in [1.54, 1.807) is 4.68 Å². The van der Waals surface area contributed by atoms with Gasteiger partial charge in [0.2, 0.25) is 0 Å². The van der Waals surface area contributed by atoms with Crippen LogP contribution >= 0.6 is 0 Å². The first-order chi connectivity index (χ1) is 10.7. The zero-order valence-corrected chi connectivity index (χ0v) is 15.1. The smallest absolute Gasteiger partial charge is 0.149 e. The molecule has 0 radical (unpaired) electrons. The van der Waals surface area contributed by atoms with Gasteiger partial charge in [0.05, 0.1) is 35.9 Å². The highest BCUT2D eigenvalue weighted by Gasteiger charge is 2.18. The number of nitrogens with one attached hydrogen (secondary N) is 1. The molecule has 2 aromatic heterocycles. The summed E-state index contributed by atoms with van der Waals surface area (Å²) in [4.78, 5) is 4.28. The number of nitrogens with zero attached hydrogens (tertiary/aromatic N) is 3. The molecule has 0 bridgehead atoms. The van der Waals surface area contributed by atoms with Gasteiger partial charge in [0.1, 0.15) is 9.84 Å². The Kier molecular flexibility index (Phi) is 5.09. The van der Waals surface area contributed by atoms with Crippen LogP contribution in [0.3, 0.4) is 0 Å². The fourth-order valence-electron chi connectivity index (χ4n) is 2.68. The summed E-state index contributed by atoms with van der Waals surface area (Å²) in [7, 11) is -3.00. The summed E-state index contributed by atoms with van der Waals surface area (Å²) in [5.74, 6) is 0.0953. The number of aryl methyl sites for hydroxylation is 3. The van der Waals surface area contributed by atoms with E-state index in [1.165, 1.54) is 6.26 Å². The average molecular weight is 336 g/mol. The van der Waals surface area contributed by atoms with Crippen LogP contribution in [0.2, 0.25) is 0 Å². The summed E-state index contributed by atoms with van der Waals surface area (Å²) in [5.41, 5.74) is 4.93. The van der Waals surface area contributed by atoms with Crippen molar-refractivity contribution >= 4 is 15.5 Å². The van der Waals surface area contributed by atoms with Crippen molar-refractivity contribution in [2.45, 2.75) is 40.3 Å². The van der Waals surface area contributed by atoms with Crippen molar-refractivity contribution < 1.29 is 8.42 Å². The Hall–Kier alpha value is -1.89. The topological polar surface area (TPSA) is 76.9 Å². The van der Waals surface area contributed by atoms with E-state index in [2.05, 4.69) is 22.3 Å². The second-order valence-electron chi connectivity index (χ2n) is 5.99. The molecule has 2 heterocycles. The van der Waals surface area contributed by atoms with Crippen molar-refractivity contribution in [1.29, 1.82) is 0 Å². The van der Waals surface area contributed by atoms with Crippen LogP contribution < -0.4 is 5.32 Å². The van der Waals surface area contributed by atoms with Gasteiger partial charge < -0.3 is 5.32 Å². The van der Waals surface area contributed by atoms with Gasteiger partial charge in [-0.3, -0.25) is 9.67 Å². The van der Waals surface area contributed by atoms with Gasteiger partial charge >= 0.3 is 0 Å². The van der Waals surface area contributed by atoms with Crippen molar-refractivity contribution in [3.8, 4) is 0 Å². The van der Waals surface area contributed by atoms with Gasteiger partial charge in [-0.15, -0.1) is 0 Å². The number of aromatic nitrogens is 3. The Morgan fingerprint density at radius 3 is 2.52 bits per heavy atom. The molecule has 1 unspecified atom stereocenters. The molecule has 0 fully saturated rings. The molecule has 0 aliphatic heterocycles. The molecule has 0 saturated carbocycles. The van der Waals surface area contributed by atoms with E-state index in [-0.39, 0.29) is 11.8 Å². The van der Waals surface area contributed by atoms with Crippen LogP contribution in [0.5, 0.6) is 0 Å². The minimum absolute atomic E-state index is 0.0616. The third-order valence-electron chi connectivity index (χ3n) is 3.84. The number of rotatable bonds is 6. The minimum atomic E-state index is -3.00. The minimum Gasteiger partial charge on any atom is -0.377 e. The average Bonchev–Trinajstić information content (AvgIpc) is 2.73. The van der Waals surface area contributed by atoms with Crippen molar-refractivity contribution in [3.05, 3.63) is 41.0 Å². The fourth-order valence-corrected chi connectivity index (χ4v) is 3.19. The van der Waals surface area contributed by atoms with E-state index in [1.807, 2.05) is 39.1 Å². The molecule has 0 aromatic carbocycles. The molecule has 1 atom stereocenters. The van der Waals surface area contributed by atoms with Gasteiger partial charge in [0, 0.05) is 23.2 Å². The van der Waals surface area contributed by atoms with Crippen LogP contribution in [0.15, 0.2) is 18.3 Å². The number of pyridine rings is 1. The van der Waals surface area contributed by atoms with Crippen molar-refractivity contribution in [2.75, 3.05) is 17.3 Å².